The molecule has 0 fully saturated rings. The average molecular weight is 390 g/mol. The molecule has 0 saturated heterocycles. The van der Waals surface area contributed by atoms with E-state index >= 15 is 0 Å². The number of allylic oxidation sites excluding steroid dienone is 2. The third kappa shape index (κ3) is 3.30. The van der Waals surface area contributed by atoms with Gasteiger partial charge >= 0.3 is 0 Å². The Morgan fingerprint density at radius 1 is 0.633 bits per heavy atom. The molecule has 0 radical (unpaired) electrons. The van der Waals surface area contributed by atoms with Crippen molar-refractivity contribution in [3.05, 3.63) is 76.9 Å². The molecule has 0 aromatic carbocycles. The van der Waals surface area contributed by atoms with E-state index < -0.39 is 0 Å². The molecule has 4 heteroatoms. The van der Waals surface area contributed by atoms with Crippen molar-refractivity contribution in [1.82, 2.24) is 19.9 Å². The number of nitrogens with zero attached hydrogens (tertiary/aromatic N) is 2. The highest BCUT2D eigenvalue weighted by Crippen LogP contribution is 2.31. The van der Waals surface area contributed by atoms with Crippen molar-refractivity contribution in [2.75, 3.05) is 0 Å². The van der Waals surface area contributed by atoms with Crippen molar-refractivity contribution in [1.29, 1.82) is 0 Å². The zero-order chi connectivity index (χ0) is 19.9. The van der Waals surface area contributed by atoms with Crippen molar-refractivity contribution in [3.63, 3.8) is 0 Å². The van der Waals surface area contributed by atoms with Crippen LogP contribution >= 0.6 is 0 Å². The maximum absolute atomic E-state index is 4.79. The molecule has 1 aliphatic carbocycles. The standard InChI is InChI=1S/C26H22N4/c1-2-4-17(5-3-1)25-15-24-14-22-9-8-20(28-22)12-18-6-7-19(27-18)13-21-10-11-23(29-21)16-26(25)30-24/h4,6-16,28,30H,1-3,5H2. The summed E-state index contributed by atoms with van der Waals surface area (Å²) in [7, 11) is 0. The highest BCUT2D eigenvalue weighted by Gasteiger charge is 2.11. The van der Waals surface area contributed by atoms with Crippen LogP contribution in [0.4, 0.5) is 0 Å². The molecular weight excluding hydrogens is 368 g/mol. The SMILES string of the molecule is C1=Cc2cc3ccc(cc4cc(C5=CCCCC5)c(cc5nc(cc1n2)C=C5)[nH]4)[nH]3. The molecule has 4 nitrogen and oxygen atoms in total. The Bertz CT molecular complexity index is 1400. The Morgan fingerprint density at radius 3 is 2.07 bits per heavy atom. The molecule has 2 aliphatic heterocycles. The Morgan fingerprint density at radius 2 is 1.33 bits per heavy atom. The van der Waals surface area contributed by atoms with Crippen LogP contribution in [-0.4, -0.2) is 19.9 Å². The van der Waals surface area contributed by atoms with Gasteiger partial charge in [-0.1, -0.05) is 6.08 Å². The van der Waals surface area contributed by atoms with Gasteiger partial charge in [-0.2, -0.15) is 0 Å². The largest absolute Gasteiger partial charge is 0.355 e. The lowest BCUT2D eigenvalue weighted by Gasteiger charge is -2.11. The van der Waals surface area contributed by atoms with Gasteiger partial charge in [0.05, 0.1) is 22.8 Å². The molecule has 0 atom stereocenters. The van der Waals surface area contributed by atoms with E-state index in [1.807, 2.05) is 24.3 Å². The van der Waals surface area contributed by atoms with E-state index in [0.29, 0.717) is 0 Å². The van der Waals surface area contributed by atoms with Crippen LogP contribution < -0.4 is 0 Å². The third-order valence-electron chi connectivity index (χ3n) is 5.81. The molecule has 3 aliphatic rings. The lowest BCUT2D eigenvalue weighted by molar-refractivity contribution is 0.742. The summed E-state index contributed by atoms with van der Waals surface area (Å²) in [5.74, 6) is 0. The predicted octanol–water partition coefficient (Wildman–Crippen LogP) is 6.61. The fraction of sp³-hybridized carbons (Fsp3) is 0.154. The Balaban J connectivity index is 1.65. The monoisotopic (exact) mass is 390 g/mol. The highest BCUT2D eigenvalue weighted by molar-refractivity contribution is 5.85. The maximum atomic E-state index is 4.79. The molecule has 6 rings (SSSR count). The van der Waals surface area contributed by atoms with Crippen LogP contribution in [0.1, 0.15) is 54.0 Å². The first kappa shape index (κ1) is 17.2. The summed E-state index contributed by atoms with van der Waals surface area (Å²) in [6, 6.07) is 14.9. The second-order valence-electron chi connectivity index (χ2n) is 8.06. The predicted molar refractivity (Wildman–Crippen MR) is 125 cm³/mol. The molecule has 8 bridgehead atoms. The summed E-state index contributed by atoms with van der Waals surface area (Å²) in [6.45, 7) is 0. The van der Waals surface area contributed by atoms with Gasteiger partial charge in [0.1, 0.15) is 0 Å². The number of aromatic nitrogens is 4. The Kier molecular flexibility index (Phi) is 4.01. The van der Waals surface area contributed by atoms with Gasteiger partial charge in [-0.15, -0.1) is 0 Å². The van der Waals surface area contributed by atoms with E-state index in [9.17, 15) is 0 Å². The first-order chi connectivity index (χ1) is 14.8. The fourth-order valence-corrected chi connectivity index (χ4v) is 4.37. The normalized spacial score (nSPS) is 15.4. The minimum atomic E-state index is 0.923. The van der Waals surface area contributed by atoms with Crippen LogP contribution in [0, 0.1) is 0 Å². The van der Waals surface area contributed by atoms with E-state index in [1.54, 1.807) is 0 Å². The smallest absolute Gasteiger partial charge is 0.0659 e. The summed E-state index contributed by atoms with van der Waals surface area (Å²) in [6.07, 6.45) is 15.4. The highest BCUT2D eigenvalue weighted by atomic mass is 14.8. The average Bonchev–Trinajstić information content (AvgIpc) is 3.53. The van der Waals surface area contributed by atoms with E-state index in [1.165, 1.54) is 24.0 Å². The van der Waals surface area contributed by atoms with Crippen molar-refractivity contribution in [2.45, 2.75) is 25.7 Å². The van der Waals surface area contributed by atoms with Crippen molar-refractivity contribution in [3.8, 4) is 0 Å². The molecule has 30 heavy (non-hydrogen) atoms. The van der Waals surface area contributed by atoms with Crippen molar-refractivity contribution in [2.24, 2.45) is 0 Å². The first-order valence-corrected chi connectivity index (χ1v) is 10.6. The Hall–Kier alpha value is -3.66. The minimum absolute atomic E-state index is 0.923. The van der Waals surface area contributed by atoms with Crippen LogP contribution in [0.5, 0.6) is 0 Å². The van der Waals surface area contributed by atoms with Gasteiger partial charge in [0, 0.05) is 27.6 Å². The number of rotatable bonds is 1. The van der Waals surface area contributed by atoms with Crippen molar-refractivity contribution < 1.29 is 0 Å². The molecule has 0 spiro atoms. The van der Waals surface area contributed by atoms with Gasteiger partial charge < -0.3 is 9.97 Å². The van der Waals surface area contributed by atoms with Crippen LogP contribution in [0.15, 0.2) is 48.5 Å². The quantitative estimate of drug-likeness (QED) is 0.338. The number of nitrogens with one attached hydrogen (secondary N) is 2. The van der Waals surface area contributed by atoms with E-state index in [0.717, 1.165) is 57.7 Å². The lowest BCUT2D eigenvalue weighted by Crippen LogP contribution is -1.90. The summed E-state index contributed by atoms with van der Waals surface area (Å²) >= 11 is 0. The minimum Gasteiger partial charge on any atom is -0.355 e. The fourth-order valence-electron chi connectivity index (χ4n) is 4.37. The number of hydrogen-bond donors (Lipinski definition) is 2. The van der Waals surface area contributed by atoms with Gasteiger partial charge in [-0.05, 0) is 98.0 Å². The first-order valence-electron chi connectivity index (χ1n) is 10.6. The van der Waals surface area contributed by atoms with E-state index in [-0.39, 0.29) is 0 Å². The number of fused-ring (bicyclic) bond motifs is 8. The number of aromatic amines is 2. The van der Waals surface area contributed by atoms with E-state index in [2.05, 4.69) is 63.5 Å². The molecular formula is C26H22N4. The molecule has 2 N–H and O–H groups in total. The molecule has 146 valence electrons. The van der Waals surface area contributed by atoms with Gasteiger partial charge in [-0.25, -0.2) is 9.97 Å². The summed E-state index contributed by atoms with van der Waals surface area (Å²) in [5, 5.41) is 0. The van der Waals surface area contributed by atoms with Crippen LogP contribution in [0.2, 0.25) is 0 Å². The number of hydrogen-bond acceptors (Lipinski definition) is 2. The van der Waals surface area contributed by atoms with E-state index in [4.69, 9.17) is 4.98 Å². The molecule has 0 amide bonds. The topological polar surface area (TPSA) is 57.4 Å². The molecule has 0 saturated carbocycles. The van der Waals surface area contributed by atoms with Gasteiger partial charge in [0.25, 0.3) is 0 Å². The van der Waals surface area contributed by atoms with Crippen LogP contribution in [-0.2, 0) is 0 Å². The Labute approximate surface area is 174 Å². The molecule has 3 aromatic heterocycles. The lowest BCUT2D eigenvalue weighted by atomic mass is 9.94. The maximum Gasteiger partial charge on any atom is 0.0659 e. The van der Waals surface area contributed by atoms with Gasteiger partial charge in [0.2, 0.25) is 0 Å². The summed E-state index contributed by atoms with van der Waals surface area (Å²) in [4.78, 5) is 16.6. The summed E-state index contributed by atoms with van der Waals surface area (Å²) in [5.41, 5.74) is 10.8. The van der Waals surface area contributed by atoms with Gasteiger partial charge in [-0.3, -0.25) is 0 Å². The van der Waals surface area contributed by atoms with Crippen LogP contribution in [0.3, 0.4) is 0 Å². The second-order valence-corrected chi connectivity index (χ2v) is 8.06. The molecule has 3 aromatic rings. The molecule has 0 unspecified atom stereocenters. The zero-order valence-corrected chi connectivity index (χ0v) is 16.7. The van der Waals surface area contributed by atoms with Gasteiger partial charge in [0.15, 0.2) is 0 Å². The second kappa shape index (κ2) is 6.99. The van der Waals surface area contributed by atoms with Crippen molar-refractivity contribution >= 4 is 51.9 Å². The van der Waals surface area contributed by atoms with Crippen LogP contribution in [0.25, 0.3) is 51.9 Å². The third-order valence-corrected chi connectivity index (χ3v) is 5.81. The summed E-state index contributed by atoms with van der Waals surface area (Å²) < 4.78 is 0. The zero-order valence-electron chi connectivity index (χ0n) is 16.7. The number of H-pyrrole nitrogens is 2. The molecule has 5 heterocycles.